The van der Waals surface area contributed by atoms with Crippen molar-refractivity contribution >= 4 is 31.9 Å². The first-order chi connectivity index (χ1) is 10.2. The van der Waals surface area contributed by atoms with E-state index in [0.717, 1.165) is 34.1 Å². The molecule has 1 aliphatic carbocycles. The molecule has 1 N–H and O–H groups in total. The highest BCUT2D eigenvalue weighted by Gasteiger charge is 2.20. The molecule has 2 aromatic carbocycles. The van der Waals surface area contributed by atoms with Crippen molar-refractivity contribution in [3.63, 3.8) is 0 Å². The number of hydrogen-bond donors (Lipinski definition) is 1. The van der Waals surface area contributed by atoms with Crippen molar-refractivity contribution < 1.29 is 4.74 Å². The molecule has 2 nitrogen and oxygen atoms in total. The Bertz CT molecular complexity index is 609. The van der Waals surface area contributed by atoms with E-state index >= 15 is 0 Å². The van der Waals surface area contributed by atoms with Crippen LogP contribution in [0.3, 0.4) is 0 Å². The topological polar surface area (TPSA) is 21.3 Å². The Hall–Kier alpha value is -0.840. The third-order valence-electron chi connectivity index (χ3n) is 3.91. The van der Waals surface area contributed by atoms with Gasteiger partial charge in [-0.25, -0.2) is 0 Å². The number of methoxy groups -OCH3 is 1. The van der Waals surface area contributed by atoms with E-state index in [1.54, 1.807) is 7.11 Å². The van der Waals surface area contributed by atoms with Gasteiger partial charge in [0, 0.05) is 12.6 Å². The molecule has 21 heavy (non-hydrogen) atoms. The molecule has 0 saturated carbocycles. The van der Waals surface area contributed by atoms with Gasteiger partial charge in [-0.05, 0) is 73.5 Å². The lowest BCUT2D eigenvalue weighted by Gasteiger charge is -2.14. The lowest BCUT2D eigenvalue weighted by atomic mass is 10.1. The van der Waals surface area contributed by atoms with Crippen LogP contribution in [0, 0.1) is 0 Å². The average molecular weight is 411 g/mol. The first kappa shape index (κ1) is 15.1. The molecule has 0 unspecified atom stereocenters. The van der Waals surface area contributed by atoms with Crippen molar-refractivity contribution in [3.8, 4) is 5.75 Å². The summed E-state index contributed by atoms with van der Waals surface area (Å²) in [4.78, 5) is 0. The van der Waals surface area contributed by atoms with Gasteiger partial charge in [-0.15, -0.1) is 0 Å². The minimum Gasteiger partial charge on any atom is -0.494 e. The Morgan fingerprint density at radius 3 is 2.19 bits per heavy atom. The van der Waals surface area contributed by atoms with E-state index in [1.165, 1.54) is 16.7 Å². The molecule has 3 rings (SSSR count). The van der Waals surface area contributed by atoms with Crippen LogP contribution in [0.25, 0.3) is 0 Å². The third-order valence-corrected chi connectivity index (χ3v) is 5.09. The molecule has 0 atom stereocenters. The quantitative estimate of drug-likeness (QED) is 0.802. The Kier molecular flexibility index (Phi) is 4.67. The first-order valence-electron chi connectivity index (χ1n) is 6.99. The van der Waals surface area contributed by atoms with Gasteiger partial charge in [0.1, 0.15) is 5.75 Å². The zero-order valence-electron chi connectivity index (χ0n) is 11.8. The van der Waals surface area contributed by atoms with Gasteiger partial charge < -0.3 is 10.1 Å². The number of fused-ring (bicyclic) bond motifs is 1. The standard InChI is InChI=1S/C17H17Br2NO/c1-21-17-15(18)6-11(7-16(17)19)10-20-14-8-12-4-2-3-5-13(12)9-14/h2-7,14,20H,8-10H2,1H3. The van der Waals surface area contributed by atoms with Gasteiger partial charge in [-0.3, -0.25) is 0 Å². The average Bonchev–Trinajstić information content (AvgIpc) is 2.87. The van der Waals surface area contributed by atoms with Gasteiger partial charge in [0.2, 0.25) is 0 Å². The van der Waals surface area contributed by atoms with E-state index in [-0.39, 0.29) is 0 Å². The molecule has 0 saturated heterocycles. The van der Waals surface area contributed by atoms with Crippen molar-refractivity contribution in [1.29, 1.82) is 0 Å². The molecule has 0 amide bonds. The predicted octanol–water partition coefficient (Wildman–Crippen LogP) is 4.48. The number of halogens is 2. The molecule has 4 heteroatoms. The maximum Gasteiger partial charge on any atom is 0.147 e. The molecule has 0 radical (unpaired) electrons. The van der Waals surface area contributed by atoms with Crippen molar-refractivity contribution in [2.24, 2.45) is 0 Å². The van der Waals surface area contributed by atoms with E-state index in [1.807, 2.05) is 0 Å². The monoisotopic (exact) mass is 409 g/mol. The highest BCUT2D eigenvalue weighted by Crippen LogP contribution is 2.34. The summed E-state index contributed by atoms with van der Waals surface area (Å²) < 4.78 is 7.29. The summed E-state index contributed by atoms with van der Waals surface area (Å²) in [5.41, 5.74) is 4.20. The number of hydrogen-bond acceptors (Lipinski definition) is 2. The van der Waals surface area contributed by atoms with Crippen molar-refractivity contribution in [2.45, 2.75) is 25.4 Å². The van der Waals surface area contributed by atoms with E-state index in [2.05, 4.69) is 73.6 Å². The third kappa shape index (κ3) is 3.33. The van der Waals surface area contributed by atoms with Crippen LogP contribution in [0.1, 0.15) is 16.7 Å². The molecule has 0 spiro atoms. The van der Waals surface area contributed by atoms with Crippen LogP contribution in [0.5, 0.6) is 5.75 Å². The molecule has 0 bridgehead atoms. The number of benzene rings is 2. The van der Waals surface area contributed by atoms with Gasteiger partial charge >= 0.3 is 0 Å². The second kappa shape index (κ2) is 6.51. The lowest BCUT2D eigenvalue weighted by molar-refractivity contribution is 0.409. The minimum atomic E-state index is 0.530. The molecular formula is C17H17Br2NO. The zero-order chi connectivity index (χ0) is 14.8. The fraction of sp³-hybridized carbons (Fsp3) is 0.294. The Labute approximate surface area is 142 Å². The lowest BCUT2D eigenvalue weighted by Crippen LogP contribution is -2.28. The molecule has 1 aliphatic rings. The smallest absolute Gasteiger partial charge is 0.147 e. The van der Waals surface area contributed by atoms with E-state index in [4.69, 9.17) is 4.74 Å². The van der Waals surface area contributed by atoms with Crippen molar-refractivity contribution in [3.05, 3.63) is 62.0 Å². The normalized spacial score (nSPS) is 14.2. The van der Waals surface area contributed by atoms with Gasteiger partial charge in [-0.1, -0.05) is 24.3 Å². The summed E-state index contributed by atoms with van der Waals surface area (Å²) in [5, 5.41) is 3.65. The van der Waals surface area contributed by atoms with Crippen molar-refractivity contribution in [1.82, 2.24) is 5.32 Å². The molecule has 0 fully saturated rings. The highest BCUT2D eigenvalue weighted by atomic mass is 79.9. The summed E-state index contributed by atoms with van der Waals surface area (Å²) in [7, 11) is 1.68. The van der Waals surface area contributed by atoms with Crippen LogP contribution in [0.15, 0.2) is 45.3 Å². The molecule has 0 heterocycles. The summed E-state index contributed by atoms with van der Waals surface area (Å²) >= 11 is 7.10. The summed E-state index contributed by atoms with van der Waals surface area (Å²) in [6.07, 6.45) is 2.24. The highest BCUT2D eigenvalue weighted by molar-refractivity contribution is 9.11. The van der Waals surface area contributed by atoms with E-state index in [0.29, 0.717) is 6.04 Å². The van der Waals surface area contributed by atoms with Crippen LogP contribution in [0.4, 0.5) is 0 Å². The zero-order valence-corrected chi connectivity index (χ0v) is 15.0. The first-order valence-corrected chi connectivity index (χ1v) is 8.58. The van der Waals surface area contributed by atoms with Gasteiger partial charge in [0.25, 0.3) is 0 Å². The van der Waals surface area contributed by atoms with Crippen LogP contribution >= 0.6 is 31.9 Å². The van der Waals surface area contributed by atoms with E-state index < -0.39 is 0 Å². The Balaban J connectivity index is 1.64. The van der Waals surface area contributed by atoms with Gasteiger partial charge in [-0.2, -0.15) is 0 Å². The molecule has 0 aromatic heterocycles. The number of ether oxygens (including phenoxy) is 1. The van der Waals surface area contributed by atoms with Crippen LogP contribution < -0.4 is 10.1 Å². The van der Waals surface area contributed by atoms with Gasteiger partial charge in [0.15, 0.2) is 0 Å². The van der Waals surface area contributed by atoms with E-state index in [9.17, 15) is 0 Å². The Morgan fingerprint density at radius 2 is 1.67 bits per heavy atom. The predicted molar refractivity (Wildman–Crippen MR) is 92.9 cm³/mol. The maximum atomic E-state index is 5.34. The molecular weight excluding hydrogens is 394 g/mol. The summed E-state index contributed by atoms with van der Waals surface area (Å²) in [5.74, 6) is 0.840. The van der Waals surface area contributed by atoms with Crippen molar-refractivity contribution in [2.75, 3.05) is 7.11 Å². The number of nitrogens with one attached hydrogen (secondary N) is 1. The minimum absolute atomic E-state index is 0.530. The van der Waals surface area contributed by atoms with Crippen LogP contribution in [0.2, 0.25) is 0 Å². The largest absolute Gasteiger partial charge is 0.494 e. The number of rotatable bonds is 4. The Morgan fingerprint density at radius 1 is 1.10 bits per heavy atom. The second-order valence-corrected chi connectivity index (χ2v) is 7.06. The fourth-order valence-corrected chi connectivity index (χ4v) is 4.48. The SMILES string of the molecule is COc1c(Br)cc(CNC2Cc3ccccc3C2)cc1Br. The summed E-state index contributed by atoms with van der Waals surface area (Å²) in [6, 6.07) is 13.5. The molecule has 0 aliphatic heterocycles. The fourth-order valence-electron chi connectivity index (χ4n) is 2.87. The maximum absolute atomic E-state index is 5.34. The molecule has 110 valence electrons. The van der Waals surface area contributed by atoms with Crippen LogP contribution in [-0.4, -0.2) is 13.2 Å². The second-order valence-electron chi connectivity index (χ2n) is 5.35. The van der Waals surface area contributed by atoms with Gasteiger partial charge in [0.05, 0.1) is 16.1 Å². The summed E-state index contributed by atoms with van der Waals surface area (Å²) in [6.45, 7) is 0.861. The molecule has 2 aromatic rings. The van der Waals surface area contributed by atoms with Crippen LogP contribution in [-0.2, 0) is 19.4 Å².